The van der Waals surface area contributed by atoms with Crippen molar-refractivity contribution in [2.24, 2.45) is 7.05 Å². The van der Waals surface area contributed by atoms with Gasteiger partial charge in [0.2, 0.25) is 0 Å². The quantitative estimate of drug-likeness (QED) is 0.391. The van der Waals surface area contributed by atoms with Crippen molar-refractivity contribution in [3.8, 4) is 0 Å². The Labute approximate surface area is 120 Å². The van der Waals surface area contributed by atoms with Crippen LogP contribution in [0.25, 0.3) is 0 Å². The maximum absolute atomic E-state index is 2.28. The molecule has 0 amide bonds. The van der Waals surface area contributed by atoms with Crippen LogP contribution in [-0.4, -0.2) is 0 Å². The molecule has 19 heavy (non-hydrogen) atoms. The lowest BCUT2D eigenvalue weighted by Crippen LogP contribution is -2.25. The van der Waals surface area contributed by atoms with E-state index in [9.17, 15) is 0 Å². The molecule has 1 aromatic heterocycles. The second-order valence-corrected chi connectivity index (χ2v) is 5.80. The maximum Gasteiger partial charge on any atom is 0.168 e. The molecule has 0 saturated carbocycles. The van der Waals surface area contributed by atoms with Gasteiger partial charge in [-0.1, -0.05) is 64.7 Å². The first-order valence-electron chi connectivity index (χ1n) is 8.27. The topological polar surface area (TPSA) is 3.88 Å². The second-order valence-electron chi connectivity index (χ2n) is 5.80. The number of hydrogen-bond donors (Lipinski definition) is 0. The molecule has 0 saturated heterocycles. The van der Waals surface area contributed by atoms with Crippen LogP contribution >= 0.6 is 0 Å². The van der Waals surface area contributed by atoms with Gasteiger partial charge in [0.25, 0.3) is 0 Å². The predicted molar refractivity (Wildman–Crippen MR) is 83.2 cm³/mol. The minimum Gasteiger partial charge on any atom is -0.208 e. The Kier molecular flexibility index (Phi) is 9.40. The van der Waals surface area contributed by atoms with Crippen molar-refractivity contribution in [1.82, 2.24) is 0 Å². The van der Waals surface area contributed by atoms with E-state index in [0.29, 0.717) is 0 Å². The van der Waals surface area contributed by atoms with Gasteiger partial charge in [0.15, 0.2) is 12.4 Å². The van der Waals surface area contributed by atoms with E-state index in [0.717, 1.165) is 0 Å². The van der Waals surface area contributed by atoms with E-state index in [4.69, 9.17) is 0 Å². The summed E-state index contributed by atoms with van der Waals surface area (Å²) < 4.78 is 2.10. The van der Waals surface area contributed by atoms with Gasteiger partial charge in [0, 0.05) is 12.1 Å². The van der Waals surface area contributed by atoms with Gasteiger partial charge in [-0.2, -0.15) is 0 Å². The summed E-state index contributed by atoms with van der Waals surface area (Å²) in [5, 5.41) is 0. The van der Waals surface area contributed by atoms with Crippen molar-refractivity contribution < 1.29 is 4.57 Å². The van der Waals surface area contributed by atoms with E-state index in [1.807, 2.05) is 0 Å². The SMILES string of the molecule is CCCCCCCCCCCCc1cc[n+](C)cc1. The van der Waals surface area contributed by atoms with E-state index in [-0.39, 0.29) is 0 Å². The molecule has 1 heterocycles. The van der Waals surface area contributed by atoms with E-state index >= 15 is 0 Å². The van der Waals surface area contributed by atoms with Crippen LogP contribution in [0.15, 0.2) is 24.5 Å². The van der Waals surface area contributed by atoms with Gasteiger partial charge in [-0.25, -0.2) is 4.57 Å². The molecule has 0 radical (unpaired) electrons. The first kappa shape index (κ1) is 16.2. The van der Waals surface area contributed by atoms with E-state index < -0.39 is 0 Å². The molecular formula is C18H32N+. The van der Waals surface area contributed by atoms with Gasteiger partial charge in [0.1, 0.15) is 7.05 Å². The average molecular weight is 262 g/mol. The van der Waals surface area contributed by atoms with Crippen LogP contribution in [0, 0.1) is 0 Å². The molecule has 0 aliphatic heterocycles. The lowest BCUT2D eigenvalue weighted by Gasteiger charge is -2.02. The molecule has 0 unspecified atom stereocenters. The van der Waals surface area contributed by atoms with Crippen molar-refractivity contribution >= 4 is 0 Å². The van der Waals surface area contributed by atoms with Crippen LogP contribution in [-0.2, 0) is 13.5 Å². The summed E-state index contributed by atoms with van der Waals surface area (Å²) in [6.07, 6.45) is 19.7. The van der Waals surface area contributed by atoms with Gasteiger partial charge in [0.05, 0.1) is 0 Å². The second kappa shape index (κ2) is 11.0. The molecule has 108 valence electrons. The van der Waals surface area contributed by atoms with Crippen LogP contribution < -0.4 is 4.57 Å². The Morgan fingerprint density at radius 2 is 1.21 bits per heavy atom. The summed E-state index contributed by atoms with van der Waals surface area (Å²) in [4.78, 5) is 0. The summed E-state index contributed by atoms with van der Waals surface area (Å²) in [5.74, 6) is 0. The zero-order valence-corrected chi connectivity index (χ0v) is 13.0. The van der Waals surface area contributed by atoms with E-state index in [1.165, 1.54) is 76.2 Å². The first-order chi connectivity index (χ1) is 9.33. The number of aryl methyl sites for hydroxylation is 2. The summed E-state index contributed by atoms with van der Waals surface area (Å²) >= 11 is 0. The first-order valence-corrected chi connectivity index (χ1v) is 8.27. The molecule has 0 N–H and O–H groups in total. The van der Waals surface area contributed by atoms with Gasteiger partial charge >= 0.3 is 0 Å². The van der Waals surface area contributed by atoms with Crippen LogP contribution in [0.4, 0.5) is 0 Å². The molecule has 0 aliphatic rings. The zero-order valence-electron chi connectivity index (χ0n) is 13.0. The van der Waals surface area contributed by atoms with Gasteiger partial charge in [-0.15, -0.1) is 0 Å². The predicted octanol–water partition coefficient (Wildman–Crippen LogP) is 4.97. The van der Waals surface area contributed by atoms with E-state index in [2.05, 4.69) is 43.1 Å². The van der Waals surface area contributed by atoms with Gasteiger partial charge in [-0.05, 0) is 18.4 Å². The highest BCUT2D eigenvalue weighted by Gasteiger charge is 1.97. The third-order valence-corrected chi connectivity index (χ3v) is 3.87. The fourth-order valence-electron chi connectivity index (χ4n) is 2.52. The van der Waals surface area contributed by atoms with Crippen LogP contribution in [0.5, 0.6) is 0 Å². The lowest BCUT2D eigenvalue weighted by molar-refractivity contribution is -0.671. The molecule has 0 aliphatic carbocycles. The average Bonchev–Trinajstić information content (AvgIpc) is 2.43. The van der Waals surface area contributed by atoms with Crippen molar-refractivity contribution in [1.29, 1.82) is 0 Å². The fourth-order valence-corrected chi connectivity index (χ4v) is 2.52. The Hall–Kier alpha value is -0.850. The van der Waals surface area contributed by atoms with Crippen molar-refractivity contribution in [3.63, 3.8) is 0 Å². The smallest absolute Gasteiger partial charge is 0.168 e. The Morgan fingerprint density at radius 1 is 0.737 bits per heavy atom. The minimum atomic E-state index is 1.25. The van der Waals surface area contributed by atoms with Gasteiger partial charge < -0.3 is 0 Å². The summed E-state index contributed by atoms with van der Waals surface area (Å²) in [5.41, 5.74) is 1.48. The van der Waals surface area contributed by atoms with Crippen molar-refractivity contribution in [2.75, 3.05) is 0 Å². The zero-order chi connectivity index (χ0) is 13.8. The Balaban J connectivity index is 1.87. The number of rotatable bonds is 11. The number of aromatic nitrogens is 1. The molecule has 0 spiro atoms. The number of hydrogen-bond acceptors (Lipinski definition) is 0. The Bertz CT molecular complexity index is 302. The largest absolute Gasteiger partial charge is 0.208 e. The minimum absolute atomic E-state index is 1.25. The third-order valence-electron chi connectivity index (χ3n) is 3.87. The standard InChI is InChI=1S/C18H32N/c1-3-4-5-6-7-8-9-10-11-12-13-18-14-16-19(2)17-15-18/h14-17H,3-13H2,1-2H3/q+1. The molecule has 0 fully saturated rings. The molecule has 1 heteroatoms. The van der Waals surface area contributed by atoms with Crippen LogP contribution in [0.2, 0.25) is 0 Å². The molecule has 0 aromatic carbocycles. The highest BCUT2D eigenvalue weighted by Crippen LogP contribution is 2.11. The highest BCUT2D eigenvalue weighted by atomic mass is 14.9. The summed E-state index contributed by atoms with van der Waals surface area (Å²) in [6, 6.07) is 4.49. The summed E-state index contributed by atoms with van der Waals surface area (Å²) in [7, 11) is 2.07. The number of pyridine rings is 1. The van der Waals surface area contributed by atoms with Crippen molar-refractivity contribution in [3.05, 3.63) is 30.1 Å². The van der Waals surface area contributed by atoms with Crippen LogP contribution in [0.1, 0.15) is 76.7 Å². The number of nitrogens with zero attached hydrogens (tertiary/aromatic N) is 1. The van der Waals surface area contributed by atoms with Gasteiger partial charge in [-0.3, -0.25) is 0 Å². The molecular weight excluding hydrogens is 230 g/mol. The summed E-state index contributed by atoms with van der Waals surface area (Å²) in [6.45, 7) is 2.28. The normalized spacial score (nSPS) is 10.8. The van der Waals surface area contributed by atoms with Crippen LogP contribution in [0.3, 0.4) is 0 Å². The maximum atomic E-state index is 2.28. The third kappa shape index (κ3) is 8.80. The Morgan fingerprint density at radius 3 is 1.74 bits per heavy atom. The monoisotopic (exact) mass is 262 g/mol. The number of unbranched alkanes of at least 4 members (excludes halogenated alkanes) is 9. The highest BCUT2D eigenvalue weighted by molar-refractivity contribution is 5.06. The molecule has 1 aromatic rings. The molecule has 1 rings (SSSR count). The van der Waals surface area contributed by atoms with E-state index in [1.54, 1.807) is 0 Å². The molecule has 0 atom stereocenters. The lowest BCUT2D eigenvalue weighted by atomic mass is 10.0. The fraction of sp³-hybridized carbons (Fsp3) is 0.722. The molecule has 0 bridgehead atoms. The van der Waals surface area contributed by atoms with Crippen molar-refractivity contribution in [2.45, 2.75) is 77.6 Å². The molecule has 1 nitrogen and oxygen atoms in total.